The molecule has 0 spiro atoms. The number of aryl methyl sites for hydroxylation is 1. The molecule has 0 aliphatic carbocycles. The van der Waals surface area contributed by atoms with Gasteiger partial charge in [-0.2, -0.15) is 5.10 Å². The first-order valence-corrected chi connectivity index (χ1v) is 10.3. The van der Waals surface area contributed by atoms with Gasteiger partial charge in [0.1, 0.15) is 0 Å². The summed E-state index contributed by atoms with van der Waals surface area (Å²) in [7, 11) is 2.58. The monoisotopic (exact) mass is 440 g/mol. The lowest BCUT2D eigenvalue weighted by atomic mass is 10.0. The number of esters is 1. The van der Waals surface area contributed by atoms with E-state index in [0.29, 0.717) is 25.0 Å². The van der Waals surface area contributed by atoms with Gasteiger partial charge in [0.05, 0.1) is 28.6 Å². The fourth-order valence-electron chi connectivity index (χ4n) is 2.09. The summed E-state index contributed by atoms with van der Waals surface area (Å²) in [5.74, 6) is -0.209. The Morgan fingerprint density at radius 3 is 2.73 bits per heavy atom. The maximum Gasteiger partial charge on any atom is 0.330 e. The molecular weight excluding hydrogens is 419 g/mol. The topological polar surface area (TPSA) is 70.4 Å². The number of carbonyl (C=O) groups excluding carboxylic acids is 1. The third-order valence-electron chi connectivity index (χ3n) is 3.11. The number of hydrogen-bond donors (Lipinski definition) is 0. The molecule has 0 saturated carbocycles. The molecule has 0 saturated heterocycles. The normalized spacial score (nSPS) is 12.5. The molecule has 1 heterocycles. The van der Waals surface area contributed by atoms with E-state index in [-0.39, 0.29) is 11.5 Å². The highest BCUT2D eigenvalue weighted by molar-refractivity contribution is 14.2. The van der Waals surface area contributed by atoms with Crippen LogP contribution in [0, 0.1) is 12.8 Å². The highest BCUT2D eigenvalue weighted by Crippen LogP contribution is 2.18. The van der Waals surface area contributed by atoms with Gasteiger partial charge in [-0.1, -0.05) is 13.8 Å². The van der Waals surface area contributed by atoms with Gasteiger partial charge in [0.15, 0.2) is 6.04 Å². The molecule has 1 atom stereocenters. The second-order valence-corrected chi connectivity index (χ2v) is 6.81. The highest BCUT2D eigenvalue weighted by Gasteiger charge is 2.25. The van der Waals surface area contributed by atoms with Gasteiger partial charge < -0.3 is 8.92 Å². The Bertz CT molecular complexity index is 562. The summed E-state index contributed by atoms with van der Waals surface area (Å²) in [5.41, 5.74) is 1.02. The smallest absolute Gasteiger partial charge is 0.330 e. The number of aromatic nitrogens is 2. The Morgan fingerprint density at radius 2 is 2.18 bits per heavy atom. The second kappa shape index (κ2) is 9.51. The minimum atomic E-state index is -0.698. The molecule has 0 bridgehead atoms. The molecule has 0 aliphatic heterocycles. The number of carbonyl (C=O) groups is 1. The van der Waals surface area contributed by atoms with Gasteiger partial charge >= 0.3 is 5.97 Å². The molecule has 22 heavy (non-hydrogen) atoms. The van der Waals surface area contributed by atoms with Crippen molar-refractivity contribution in [2.24, 2.45) is 5.92 Å². The van der Waals surface area contributed by atoms with Crippen LogP contribution in [0.15, 0.2) is 10.9 Å². The SMILES string of the molecule is COC(=O)C(CC(C)C)n1nc(CCOSI)cc(C)c1=O. The summed E-state index contributed by atoms with van der Waals surface area (Å²) < 4.78 is 11.3. The van der Waals surface area contributed by atoms with Gasteiger partial charge in [-0.05, 0) is 25.3 Å². The van der Waals surface area contributed by atoms with Gasteiger partial charge in [-0.3, -0.25) is 4.79 Å². The molecule has 0 fully saturated rings. The van der Waals surface area contributed by atoms with Crippen LogP contribution in [0.5, 0.6) is 0 Å². The molecule has 1 aromatic heterocycles. The summed E-state index contributed by atoms with van der Waals surface area (Å²) in [6, 6.07) is 1.04. The number of methoxy groups -OCH3 is 1. The average molecular weight is 440 g/mol. The molecule has 6 nitrogen and oxygen atoms in total. The number of rotatable bonds is 8. The maximum atomic E-state index is 12.4. The van der Waals surface area contributed by atoms with Crippen molar-refractivity contribution < 1.29 is 13.7 Å². The van der Waals surface area contributed by atoms with E-state index >= 15 is 0 Å². The van der Waals surface area contributed by atoms with Gasteiger partial charge in [-0.25, -0.2) is 9.48 Å². The molecule has 1 aromatic rings. The zero-order valence-corrected chi connectivity index (χ0v) is 16.1. The molecule has 124 valence electrons. The molecule has 0 N–H and O–H groups in total. The summed E-state index contributed by atoms with van der Waals surface area (Å²) in [4.78, 5) is 24.4. The van der Waals surface area contributed by atoms with E-state index in [9.17, 15) is 9.59 Å². The highest BCUT2D eigenvalue weighted by atomic mass is 127. The Balaban J connectivity index is 3.17. The van der Waals surface area contributed by atoms with Crippen molar-refractivity contribution >= 4 is 36.4 Å². The lowest BCUT2D eigenvalue weighted by molar-refractivity contribution is -0.145. The van der Waals surface area contributed by atoms with Crippen molar-refractivity contribution in [3.63, 3.8) is 0 Å². The predicted molar refractivity (Wildman–Crippen MR) is 95.0 cm³/mol. The summed E-state index contributed by atoms with van der Waals surface area (Å²) in [6.45, 7) is 6.19. The molecule has 1 unspecified atom stereocenters. The standard InChI is InChI=1S/C14H21IN2O4S/c1-9(2)7-12(14(19)20-4)17-13(18)10(3)8-11(16-17)5-6-21-22-15/h8-9,12H,5-7H2,1-4H3. The first kappa shape index (κ1) is 19.4. The van der Waals surface area contributed by atoms with Crippen molar-refractivity contribution in [3.8, 4) is 0 Å². The summed E-state index contributed by atoms with van der Waals surface area (Å²) in [5, 5.41) is 4.34. The number of ether oxygens (including phenoxy) is 1. The number of halogens is 1. The van der Waals surface area contributed by atoms with Gasteiger partial charge in [0, 0.05) is 33.2 Å². The van der Waals surface area contributed by atoms with Crippen LogP contribution in [0.2, 0.25) is 0 Å². The van der Waals surface area contributed by atoms with Crippen molar-refractivity contribution in [2.75, 3.05) is 13.7 Å². The Morgan fingerprint density at radius 1 is 1.50 bits per heavy atom. The fourth-order valence-corrected chi connectivity index (χ4v) is 2.78. The Hall–Kier alpha value is -0.610. The maximum absolute atomic E-state index is 12.4. The number of nitrogens with zero attached hydrogens (tertiary/aromatic N) is 2. The van der Waals surface area contributed by atoms with Gasteiger partial charge in [-0.15, -0.1) is 0 Å². The molecule has 0 aromatic carbocycles. The fraction of sp³-hybridized carbons (Fsp3) is 0.643. The lowest BCUT2D eigenvalue weighted by Crippen LogP contribution is -2.35. The lowest BCUT2D eigenvalue weighted by Gasteiger charge is -2.19. The van der Waals surface area contributed by atoms with Crippen LogP contribution < -0.4 is 5.56 Å². The van der Waals surface area contributed by atoms with Crippen molar-refractivity contribution in [3.05, 3.63) is 27.7 Å². The van der Waals surface area contributed by atoms with Gasteiger partial charge in [0.2, 0.25) is 0 Å². The molecule has 0 amide bonds. The minimum absolute atomic E-state index is 0.237. The summed E-state index contributed by atoms with van der Waals surface area (Å²) in [6.07, 6.45) is 1.08. The predicted octanol–water partition coefficient (Wildman–Crippen LogP) is 2.87. The number of hydrogen-bond acceptors (Lipinski definition) is 6. The van der Waals surface area contributed by atoms with E-state index < -0.39 is 12.0 Å². The zero-order valence-electron chi connectivity index (χ0n) is 13.2. The van der Waals surface area contributed by atoms with Gasteiger partial charge in [0.25, 0.3) is 5.56 Å². The van der Waals surface area contributed by atoms with Crippen LogP contribution in [0.4, 0.5) is 0 Å². The Kier molecular flexibility index (Phi) is 8.40. The molecule has 0 aliphatic rings. The van der Waals surface area contributed by atoms with Crippen molar-refractivity contribution in [1.29, 1.82) is 0 Å². The van der Waals surface area contributed by atoms with Crippen LogP contribution >= 0.6 is 30.4 Å². The summed E-state index contributed by atoms with van der Waals surface area (Å²) >= 11 is 2.04. The molecule has 8 heteroatoms. The van der Waals surface area contributed by atoms with E-state index in [1.165, 1.54) is 21.0 Å². The van der Waals surface area contributed by atoms with Crippen LogP contribution in [-0.4, -0.2) is 29.5 Å². The molecule has 1 rings (SSSR count). The first-order chi connectivity index (χ1) is 10.4. The van der Waals surface area contributed by atoms with Crippen LogP contribution in [0.25, 0.3) is 0 Å². The second-order valence-electron chi connectivity index (χ2n) is 5.37. The van der Waals surface area contributed by atoms with E-state index in [1.807, 2.05) is 35.1 Å². The van der Waals surface area contributed by atoms with E-state index in [0.717, 1.165) is 5.69 Å². The first-order valence-electron chi connectivity index (χ1n) is 6.98. The molecule has 0 radical (unpaired) electrons. The van der Waals surface area contributed by atoms with E-state index in [4.69, 9.17) is 8.92 Å². The van der Waals surface area contributed by atoms with E-state index in [2.05, 4.69) is 5.10 Å². The van der Waals surface area contributed by atoms with Crippen LogP contribution in [0.1, 0.15) is 37.6 Å². The largest absolute Gasteiger partial charge is 0.467 e. The Labute approximate surface area is 146 Å². The quantitative estimate of drug-likeness (QED) is 0.268. The average Bonchev–Trinajstić information content (AvgIpc) is 2.47. The van der Waals surface area contributed by atoms with Crippen LogP contribution in [-0.2, 0) is 20.1 Å². The minimum Gasteiger partial charge on any atom is -0.467 e. The van der Waals surface area contributed by atoms with Crippen molar-refractivity contribution in [2.45, 2.75) is 39.7 Å². The zero-order chi connectivity index (χ0) is 16.7. The van der Waals surface area contributed by atoms with Crippen molar-refractivity contribution in [1.82, 2.24) is 9.78 Å². The third kappa shape index (κ3) is 5.54. The van der Waals surface area contributed by atoms with Crippen LogP contribution in [0.3, 0.4) is 0 Å². The van der Waals surface area contributed by atoms with E-state index in [1.54, 1.807) is 13.0 Å². The third-order valence-corrected chi connectivity index (χ3v) is 4.13. The molecular formula is C14H21IN2O4S.